The number of piperazine rings is 1. The number of sulfonamides is 1. The highest BCUT2D eigenvalue weighted by Gasteiger charge is 2.51. The molecule has 2 aromatic rings. The lowest BCUT2D eigenvalue weighted by molar-refractivity contribution is -0.258. The van der Waals surface area contributed by atoms with Gasteiger partial charge in [-0.05, 0) is 42.5 Å². The summed E-state index contributed by atoms with van der Waals surface area (Å²) in [5.41, 5.74) is -2.51. The Hall–Kier alpha value is -1.70. The van der Waals surface area contributed by atoms with Crippen molar-refractivity contribution in [2.75, 3.05) is 50.8 Å². The molecule has 7 nitrogen and oxygen atoms in total. The van der Waals surface area contributed by atoms with E-state index in [1.54, 1.807) is 29.6 Å². The van der Waals surface area contributed by atoms with Crippen molar-refractivity contribution in [1.29, 1.82) is 0 Å². The van der Waals surface area contributed by atoms with Gasteiger partial charge >= 0.3 is 6.18 Å². The molecular weight excluding hydrogens is 515 g/mol. The minimum atomic E-state index is -4.80. The van der Waals surface area contributed by atoms with Gasteiger partial charge in [-0.1, -0.05) is 25.1 Å². The average Bonchev–Trinajstić information content (AvgIpc) is 3.40. The maximum atomic E-state index is 13.3. The third-order valence-corrected chi connectivity index (χ3v) is 10.4. The first-order valence-electron chi connectivity index (χ1n) is 12.0. The van der Waals surface area contributed by atoms with Crippen LogP contribution in [0.1, 0.15) is 25.8 Å². The second-order valence-corrected chi connectivity index (χ2v) is 12.5. The summed E-state index contributed by atoms with van der Waals surface area (Å²) in [5, 5.41) is 11.8. The summed E-state index contributed by atoms with van der Waals surface area (Å²) in [4.78, 5) is 4.37. The lowest BCUT2D eigenvalue weighted by atomic mass is 9.95. The number of ether oxygens (including phenoxy) is 1. The number of hydrogen-bond acceptors (Lipinski definition) is 7. The zero-order valence-electron chi connectivity index (χ0n) is 20.3. The van der Waals surface area contributed by atoms with Crippen molar-refractivity contribution >= 4 is 27.0 Å². The van der Waals surface area contributed by atoms with Crippen LogP contribution in [0.2, 0.25) is 0 Å². The molecule has 2 saturated heterocycles. The van der Waals surface area contributed by atoms with Crippen molar-refractivity contribution in [3.8, 4) is 0 Å². The number of rotatable bonds is 7. The second-order valence-electron chi connectivity index (χ2n) is 9.39. The molecular formula is C24H32F3N3O4S2. The molecule has 36 heavy (non-hydrogen) atoms. The molecule has 4 rings (SSSR count). The van der Waals surface area contributed by atoms with Gasteiger partial charge in [0.15, 0.2) is 5.60 Å². The van der Waals surface area contributed by atoms with Gasteiger partial charge in [-0.2, -0.15) is 17.5 Å². The molecule has 0 radical (unpaired) electrons. The van der Waals surface area contributed by atoms with Crippen molar-refractivity contribution in [2.24, 2.45) is 0 Å². The summed E-state index contributed by atoms with van der Waals surface area (Å²) in [6.07, 6.45) is -3.91. The number of aliphatic hydroxyl groups is 1. The van der Waals surface area contributed by atoms with Gasteiger partial charge in [-0.25, -0.2) is 8.42 Å². The van der Waals surface area contributed by atoms with Crippen LogP contribution < -0.4 is 4.90 Å². The normalized spacial score (nSPS) is 24.6. The van der Waals surface area contributed by atoms with Crippen LogP contribution in [0.4, 0.5) is 18.9 Å². The highest BCUT2D eigenvalue weighted by atomic mass is 32.2. The topological polar surface area (TPSA) is 73.3 Å². The Balaban J connectivity index is 1.61. The molecule has 0 spiro atoms. The Bertz CT molecular complexity index is 1110. The van der Waals surface area contributed by atoms with Crippen LogP contribution >= 0.6 is 11.3 Å². The van der Waals surface area contributed by atoms with Crippen LogP contribution in [0.25, 0.3) is 0 Å². The molecule has 3 unspecified atom stereocenters. The van der Waals surface area contributed by atoms with Crippen LogP contribution in [0.15, 0.2) is 46.0 Å². The number of alkyl halides is 3. The summed E-state index contributed by atoms with van der Waals surface area (Å²) in [7, 11) is -3.64. The van der Waals surface area contributed by atoms with Crippen molar-refractivity contribution in [2.45, 2.75) is 48.3 Å². The Morgan fingerprint density at radius 2 is 1.83 bits per heavy atom. The van der Waals surface area contributed by atoms with Crippen molar-refractivity contribution in [1.82, 2.24) is 9.21 Å². The Labute approximate surface area is 214 Å². The van der Waals surface area contributed by atoms with Gasteiger partial charge in [-0.15, -0.1) is 11.3 Å². The van der Waals surface area contributed by atoms with E-state index in [2.05, 4.69) is 16.7 Å². The highest BCUT2D eigenvalue weighted by Crippen LogP contribution is 2.39. The van der Waals surface area contributed by atoms with E-state index >= 15 is 0 Å². The molecule has 3 heterocycles. The lowest BCUT2D eigenvalue weighted by Gasteiger charge is -2.46. The summed E-state index contributed by atoms with van der Waals surface area (Å²) in [5.74, 6) is 0. The molecule has 1 N–H and O–H groups in total. The number of benzene rings is 1. The number of anilines is 1. The molecule has 0 bridgehead atoms. The summed E-state index contributed by atoms with van der Waals surface area (Å²) in [6, 6.07) is 9.04. The minimum absolute atomic E-state index is 0.213. The third kappa shape index (κ3) is 5.44. The maximum Gasteiger partial charge on any atom is 0.421 e. The van der Waals surface area contributed by atoms with Crippen LogP contribution in [0.3, 0.4) is 0 Å². The Kier molecular flexibility index (Phi) is 8.04. The summed E-state index contributed by atoms with van der Waals surface area (Å²) < 4.78 is 73.8. The lowest BCUT2D eigenvalue weighted by Crippen LogP contribution is -2.60. The van der Waals surface area contributed by atoms with E-state index in [4.69, 9.17) is 4.74 Å². The van der Waals surface area contributed by atoms with Gasteiger partial charge in [0.2, 0.25) is 0 Å². The molecule has 3 atom stereocenters. The molecule has 12 heteroatoms. The first-order chi connectivity index (χ1) is 16.9. The number of morpholine rings is 1. The highest BCUT2D eigenvalue weighted by molar-refractivity contribution is 7.91. The van der Waals surface area contributed by atoms with E-state index in [1.165, 1.54) is 27.8 Å². The van der Waals surface area contributed by atoms with Gasteiger partial charge in [-0.3, -0.25) is 4.90 Å². The smallest absolute Gasteiger partial charge is 0.378 e. The summed E-state index contributed by atoms with van der Waals surface area (Å²) in [6.45, 7) is 6.28. The van der Waals surface area contributed by atoms with Crippen molar-refractivity contribution < 1.29 is 31.4 Å². The monoisotopic (exact) mass is 547 g/mol. The van der Waals surface area contributed by atoms with Crippen LogP contribution in [-0.4, -0.2) is 86.9 Å². The fourth-order valence-corrected chi connectivity index (χ4v) is 7.41. The van der Waals surface area contributed by atoms with E-state index in [1.807, 2.05) is 0 Å². The third-order valence-electron chi connectivity index (χ3n) is 7.11. The number of halogens is 3. The van der Waals surface area contributed by atoms with Crippen LogP contribution in [0.5, 0.6) is 0 Å². The molecule has 2 fully saturated rings. The van der Waals surface area contributed by atoms with Gasteiger partial charge < -0.3 is 14.7 Å². The van der Waals surface area contributed by atoms with Gasteiger partial charge in [0, 0.05) is 44.5 Å². The van der Waals surface area contributed by atoms with Crippen LogP contribution in [-0.2, 0) is 20.4 Å². The number of hydrogen-bond donors (Lipinski definition) is 1. The quantitative estimate of drug-likeness (QED) is 0.572. The zero-order chi connectivity index (χ0) is 26.1. The predicted molar refractivity (Wildman–Crippen MR) is 133 cm³/mol. The van der Waals surface area contributed by atoms with Gasteiger partial charge in [0.25, 0.3) is 10.0 Å². The van der Waals surface area contributed by atoms with Crippen LogP contribution in [0, 0.1) is 0 Å². The molecule has 200 valence electrons. The summed E-state index contributed by atoms with van der Waals surface area (Å²) >= 11 is 1.18. The van der Waals surface area contributed by atoms with Gasteiger partial charge in [0.1, 0.15) is 4.21 Å². The standard InChI is InChI=1S/C24H32F3N3O4S2/c1-3-19-17-34-13-12-28(19)15-21-16-29(36(32,33)22-5-4-14-35-22)10-11-30(21)20-8-6-18(7-9-20)23(2,31)24(25,26)27/h4-9,14,19,21,31H,3,10-13,15-17H2,1-2H3. The maximum absolute atomic E-state index is 13.3. The number of thiophene rings is 1. The van der Waals surface area contributed by atoms with E-state index in [0.717, 1.165) is 19.9 Å². The molecule has 2 aliphatic rings. The molecule has 0 saturated carbocycles. The fraction of sp³-hybridized carbons (Fsp3) is 0.583. The number of nitrogens with zero attached hydrogens (tertiary/aromatic N) is 3. The molecule has 0 aliphatic carbocycles. The minimum Gasteiger partial charge on any atom is -0.378 e. The van der Waals surface area contributed by atoms with Gasteiger partial charge in [0.05, 0.1) is 19.3 Å². The molecule has 0 amide bonds. The largest absolute Gasteiger partial charge is 0.421 e. The van der Waals surface area contributed by atoms with E-state index < -0.39 is 21.8 Å². The Morgan fingerprint density at radius 1 is 1.11 bits per heavy atom. The molecule has 1 aromatic heterocycles. The zero-order valence-corrected chi connectivity index (χ0v) is 21.9. The van der Waals surface area contributed by atoms with Crippen molar-refractivity contribution in [3.63, 3.8) is 0 Å². The first-order valence-corrected chi connectivity index (χ1v) is 14.3. The van der Waals surface area contributed by atoms with Crippen molar-refractivity contribution in [3.05, 3.63) is 47.3 Å². The molecule has 1 aromatic carbocycles. The average molecular weight is 548 g/mol. The van der Waals surface area contributed by atoms with E-state index in [0.29, 0.717) is 36.2 Å². The fourth-order valence-electron chi connectivity index (χ4n) is 4.80. The second kappa shape index (κ2) is 10.6. The Morgan fingerprint density at radius 3 is 2.44 bits per heavy atom. The van der Waals surface area contributed by atoms with E-state index in [-0.39, 0.29) is 30.7 Å². The molecule has 2 aliphatic heterocycles. The predicted octanol–water partition coefficient (Wildman–Crippen LogP) is 3.51. The first kappa shape index (κ1) is 27.3. The SMILES string of the molecule is CCC1COCCN1CC1CN(S(=O)(=O)c2cccs2)CCN1c1ccc(C(C)(O)C(F)(F)F)cc1. The van der Waals surface area contributed by atoms with E-state index in [9.17, 15) is 26.7 Å².